The van der Waals surface area contributed by atoms with Crippen molar-refractivity contribution in [1.82, 2.24) is 10.2 Å². The summed E-state index contributed by atoms with van der Waals surface area (Å²) in [6.45, 7) is 1.88. The molecule has 20 heavy (non-hydrogen) atoms. The zero-order chi connectivity index (χ0) is 14.5. The summed E-state index contributed by atoms with van der Waals surface area (Å²) in [4.78, 5) is 13.7. The lowest BCUT2D eigenvalue weighted by molar-refractivity contribution is -0.131. The molecule has 0 radical (unpaired) electrons. The van der Waals surface area contributed by atoms with Crippen LogP contribution in [0, 0.1) is 11.6 Å². The van der Waals surface area contributed by atoms with Crippen molar-refractivity contribution in [2.45, 2.75) is 25.8 Å². The van der Waals surface area contributed by atoms with Crippen molar-refractivity contribution in [3.05, 3.63) is 29.3 Å². The van der Waals surface area contributed by atoms with Crippen molar-refractivity contribution >= 4 is 5.91 Å². The van der Waals surface area contributed by atoms with E-state index >= 15 is 0 Å². The summed E-state index contributed by atoms with van der Waals surface area (Å²) >= 11 is 0. The molecule has 1 amide bonds. The minimum absolute atomic E-state index is 0.00409. The van der Waals surface area contributed by atoms with Crippen molar-refractivity contribution in [2.75, 3.05) is 19.6 Å². The molecule has 0 aromatic heterocycles. The van der Waals surface area contributed by atoms with E-state index in [0.29, 0.717) is 5.56 Å². The van der Waals surface area contributed by atoms with Crippen LogP contribution >= 0.6 is 0 Å². The lowest BCUT2D eigenvalue weighted by atomic mass is 10.1. The molecule has 1 aromatic carbocycles. The van der Waals surface area contributed by atoms with Crippen molar-refractivity contribution in [2.24, 2.45) is 0 Å². The summed E-state index contributed by atoms with van der Waals surface area (Å²) in [5.41, 5.74) is 0.351. The molecule has 1 heterocycles. The van der Waals surface area contributed by atoms with E-state index in [-0.39, 0.29) is 19.0 Å². The van der Waals surface area contributed by atoms with E-state index < -0.39 is 17.4 Å². The Morgan fingerprint density at radius 2 is 1.80 bits per heavy atom. The summed E-state index contributed by atoms with van der Waals surface area (Å²) < 4.78 is 26.2. The molecule has 1 saturated heterocycles. The van der Waals surface area contributed by atoms with Gasteiger partial charge in [-0.3, -0.25) is 4.79 Å². The van der Waals surface area contributed by atoms with Gasteiger partial charge >= 0.3 is 0 Å². The van der Waals surface area contributed by atoms with Crippen LogP contribution in [-0.2, 0) is 11.3 Å². The van der Waals surface area contributed by atoms with Crippen LogP contribution in [0.25, 0.3) is 0 Å². The summed E-state index contributed by atoms with van der Waals surface area (Å²) in [6.07, 6.45) is 3.21. The molecule has 1 aliphatic heterocycles. The first-order chi connectivity index (χ1) is 9.58. The number of hydrogen-bond acceptors (Lipinski definition) is 3. The topological polar surface area (TPSA) is 52.6 Å². The van der Waals surface area contributed by atoms with E-state index in [1.165, 1.54) is 0 Å². The second kappa shape index (κ2) is 6.65. The van der Waals surface area contributed by atoms with Gasteiger partial charge in [-0.05, 0) is 37.0 Å². The summed E-state index contributed by atoms with van der Waals surface area (Å²) in [5, 5.41) is 11.8. The Labute approximate surface area is 116 Å². The van der Waals surface area contributed by atoms with Crippen LogP contribution < -0.4 is 5.32 Å². The first-order valence-corrected chi connectivity index (χ1v) is 6.73. The van der Waals surface area contributed by atoms with Gasteiger partial charge in [-0.1, -0.05) is 0 Å². The quantitative estimate of drug-likeness (QED) is 0.886. The predicted octanol–water partition coefficient (Wildman–Crippen LogP) is 1.77. The number of piperidine rings is 1. The zero-order valence-corrected chi connectivity index (χ0v) is 11.2. The number of likely N-dealkylation sites (tertiary alicyclic amines) is 1. The highest BCUT2D eigenvalue weighted by atomic mass is 19.1. The fourth-order valence-electron chi connectivity index (χ4n) is 2.29. The highest BCUT2D eigenvalue weighted by molar-refractivity contribution is 5.78. The molecule has 6 heteroatoms. The smallest absolute Gasteiger partial charge is 0.236 e. The lowest BCUT2D eigenvalue weighted by Crippen LogP contribution is -2.40. The van der Waals surface area contributed by atoms with Gasteiger partial charge in [0.05, 0.1) is 6.54 Å². The number of benzene rings is 1. The maximum Gasteiger partial charge on any atom is 0.236 e. The van der Waals surface area contributed by atoms with Crippen LogP contribution in [0.15, 0.2) is 12.1 Å². The van der Waals surface area contributed by atoms with E-state index in [9.17, 15) is 13.6 Å². The minimum Gasteiger partial charge on any atom is -0.503 e. The Morgan fingerprint density at radius 1 is 1.20 bits per heavy atom. The van der Waals surface area contributed by atoms with Gasteiger partial charge in [-0.25, -0.2) is 8.78 Å². The largest absolute Gasteiger partial charge is 0.503 e. The van der Waals surface area contributed by atoms with Crippen LogP contribution in [0.1, 0.15) is 24.8 Å². The van der Waals surface area contributed by atoms with Crippen LogP contribution in [0.5, 0.6) is 5.75 Å². The number of halogens is 2. The van der Waals surface area contributed by atoms with Gasteiger partial charge in [0.2, 0.25) is 5.91 Å². The van der Waals surface area contributed by atoms with Crippen LogP contribution in [0.3, 0.4) is 0 Å². The van der Waals surface area contributed by atoms with Crippen molar-refractivity contribution in [3.63, 3.8) is 0 Å². The van der Waals surface area contributed by atoms with E-state index in [4.69, 9.17) is 5.11 Å². The van der Waals surface area contributed by atoms with Gasteiger partial charge in [0.1, 0.15) is 0 Å². The predicted molar refractivity (Wildman–Crippen MR) is 70.2 cm³/mol. The van der Waals surface area contributed by atoms with Crippen LogP contribution in [0.4, 0.5) is 8.78 Å². The van der Waals surface area contributed by atoms with E-state index in [1.54, 1.807) is 4.90 Å². The highest BCUT2D eigenvalue weighted by Crippen LogP contribution is 2.21. The van der Waals surface area contributed by atoms with Gasteiger partial charge in [0.25, 0.3) is 0 Å². The zero-order valence-electron chi connectivity index (χ0n) is 11.2. The Bertz CT molecular complexity index is 465. The average molecular weight is 284 g/mol. The number of carbonyl (C=O) groups is 1. The molecular weight excluding hydrogens is 266 g/mol. The number of hydrogen-bond donors (Lipinski definition) is 2. The molecule has 1 fully saturated rings. The third-order valence-electron chi connectivity index (χ3n) is 3.39. The maximum atomic E-state index is 13.1. The molecule has 1 aliphatic rings. The number of aromatic hydroxyl groups is 1. The SMILES string of the molecule is O=C(CNCc1cc(F)c(O)c(F)c1)N1CCCCC1. The summed E-state index contributed by atoms with van der Waals surface area (Å²) in [6, 6.07) is 2.10. The van der Waals surface area contributed by atoms with E-state index in [0.717, 1.165) is 44.5 Å². The Balaban J connectivity index is 1.82. The normalized spacial score (nSPS) is 15.4. The first kappa shape index (κ1) is 14.7. The molecule has 0 bridgehead atoms. The van der Waals surface area contributed by atoms with Crippen molar-refractivity contribution in [1.29, 1.82) is 0 Å². The van der Waals surface area contributed by atoms with Gasteiger partial charge in [-0.15, -0.1) is 0 Å². The Kier molecular flexibility index (Phi) is 4.89. The highest BCUT2D eigenvalue weighted by Gasteiger charge is 2.16. The molecule has 0 saturated carbocycles. The van der Waals surface area contributed by atoms with Crippen LogP contribution in [-0.4, -0.2) is 35.5 Å². The van der Waals surface area contributed by atoms with Gasteiger partial charge < -0.3 is 15.3 Å². The van der Waals surface area contributed by atoms with Gasteiger partial charge in [0, 0.05) is 19.6 Å². The maximum absolute atomic E-state index is 13.1. The Morgan fingerprint density at radius 3 is 2.40 bits per heavy atom. The molecule has 4 nitrogen and oxygen atoms in total. The van der Waals surface area contributed by atoms with Gasteiger partial charge in [0.15, 0.2) is 17.4 Å². The monoisotopic (exact) mass is 284 g/mol. The molecule has 0 aliphatic carbocycles. The molecule has 0 unspecified atom stereocenters. The molecule has 2 N–H and O–H groups in total. The third-order valence-corrected chi connectivity index (χ3v) is 3.39. The molecule has 0 spiro atoms. The summed E-state index contributed by atoms with van der Waals surface area (Å²) in [7, 11) is 0. The number of nitrogens with zero attached hydrogens (tertiary/aromatic N) is 1. The molecular formula is C14H18F2N2O2. The fraction of sp³-hybridized carbons (Fsp3) is 0.500. The van der Waals surface area contributed by atoms with Crippen LogP contribution in [0.2, 0.25) is 0 Å². The third kappa shape index (κ3) is 3.66. The second-order valence-electron chi connectivity index (χ2n) is 4.95. The molecule has 110 valence electrons. The van der Waals surface area contributed by atoms with Crippen molar-refractivity contribution < 1.29 is 18.7 Å². The number of carbonyl (C=O) groups excluding carboxylic acids is 1. The Hall–Kier alpha value is -1.69. The number of nitrogens with one attached hydrogen (secondary N) is 1. The standard InChI is InChI=1S/C14H18F2N2O2/c15-11-6-10(7-12(16)14(11)20)8-17-9-13(19)18-4-2-1-3-5-18/h6-7,17,20H,1-5,8-9H2. The molecule has 2 rings (SSSR count). The fourth-order valence-corrected chi connectivity index (χ4v) is 2.29. The summed E-state index contributed by atoms with van der Waals surface area (Å²) in [5.74, 6) is -2.96. The van der Waals surface area contributed by atoms with E-state index in [1.807, 2.05) is 0 Å². The average Bonchev–Trinajstić information content (AvgIpc) is 2.45. The molecule has 0 atom stereocenters. The van der Waals surface area contributed by atoms with Gasteiger partial charge in [-0.2, -0.15) is 0 Å². The number of rotatable bonds is 4. The number of phenolic OH excluding ortho intramolecular Hbond substituents is 1. The first-order valence-electron chi connectivity index (χ1n) is 6.73. The van der Waals surface area contributed by atoms with Crippen molar-refractivity contribution in [3.8, 4) is 5.75 Å². The van der Waals surface area contributed by atoms with E-state index in [2.05, 4.69) is 5.32 Å². The minimum atomic E-state index is -0.996. The molecule has 1 aromatic rings. The lowest BCUT2D eigenvalue weighted by Gasteiger charge is -2.26. The second-order valence-corrected chi connectivity index (χ2v) is 4.95. The number of amides is 1. The number of phenols is 1.